The number of nitrogens with one attached hydrogen (secondary N) is 1. The Morgan fingerprint density at radius 2 is 1.89 bits per heavy atom. The van der Waals surface area contributed by atoms with Crippen molar-refractivity contribution in [3.05, 3.63) is 35.4 Å². The lowest BCUT2D eigenvalue weighted by Gasteiger charge is -2.25. The largest absolute Gasteiger partial charge is 0.309 e. The van der Waals surface area contributed by atoms with Gasteiger partial charge in [0.25, 0.3) is 0 Å². The Morgan fingerprint density at radius 1 is 1.32 bits per heavy atom. The van der Waals surface area contributed by atoms with Gasteiger partial charge in [0.05, 0.1) is 4.75 Å². The van der Waals surface area contributed by atoms with Crippen LogP contribution in [0.5, 0.6) is 0 Å². The molecule has 6 heteroatoms. The molecule has 1 aromatic rings. The maximum atomic E-state index is 13.6. The Kier molecular flexibility index (Phi) is 4.68. The second kappa shape index (κ2) is 5.54. The predicted molar refractivity (Wildman–Crippen MR) is 71.7 cm³/mol. The molecule has 0 bridgehead atoms. The lowest BCUT2D eigenvalue weighted by molar-refractivity contribution is 0.454. The molecule has 0 heterocycles. The first-order valence-electron chi connectivity index (χ1n) is 5.93. The van der Waals surface area contributed by atoms with Gasteiger partial charge in [-0.2, -0.15) is 0 Å². The van der Waals surface area contributed by atoms with Crippen molar-refractivity contribution in [2.24, 2.45) is 0 Å². The highest BCUT2D eigenvalue weighted by Gasteiger charge is 2.30. The van der Waals surface area contributed by atoms with E-state index in [1.807, 2.05) is 0 Å². The Labute approximate surface area is 112 Å². The third-order valence-electron chi connectivity index (χ3n) is 3.29. The molecule has 108 valence electrons. The van der Waals surface area contributed by atoms with Crippen molar-refractivity contribution in [3.63, 3.8) is 0 Å². The van der Waals surface area contributed by atoms with E-state index in [-0.39, 0.29) is 12.1 Å². The summed E-state index contributed by atoms with van der Waals surface area (Å²) in [5.41, 5.74) is 0.185. The van der Waals surface area contributed by atoms with Crippen molar-refractivity contribution in [1.29, 1.82) is 0 Å². The molecule has 1 unspecified atom stereocenters. The summed E-state index contributed by atoms with van der Waals surface area (Å²) in [6, 6.07) is 3.47. The second-order valence-corrected chi connectivity index (χ2v) is 7.93. The highest BCUT2D eigenvalue weighted by molar-refractivity contribution is 7.92. The Bertz CT molecular complexity index is 556. The van der Waals surface area contributed by atoms with Crippen LogP contribution >= 0.6 is 0 Å². The van der Waals surface area contributed by atoms with Crippen molar-refractivity contribution in [3.8, 4) is 0 Å². The highest BCUT2D eigenvalue weighted by atomic mass is 32.2. The molecule has 0 aliphatic carbocycles. The van der Waals surface area contributed by atoms with Gasteiger partial charge in [0.2, 0.25) is 0 Å². The van der Waals surface area contributed by atoms with E-state index >= 15 is 0 Å². The third kappa shape index (κ3) is 3.73. The fourth-order valence-electron chi connectivity index (χ4n) is 1.49. The summed E-state index contributed by atoms with van der Waals surface area (Å²) >= 11 is 0. The van der Waals surface area contributed by atoms with E-state index in [1.165, 1.54) is 12.1 Å². The predicted octanol–water partition coefficient (Wildman–Crippen LogP) is 2.44. The smallest absolute Gasteiger partial charge is 0.163 e. The molecule has 0 aliphatic rings. The minimum absolute atomic E-state index is 0.156. The molecule has 0 aliphatic heterocycles. The van der Waals surface area contributed by atoms with E-state index in [0.717, 1.165) is 12.3 Å². The lowest BCUT2D eigenvalue weighted by atomic mass is 10.1. The van der Waals surface area contributed by atoms with Crippen molar-refractivity contribution < 1.29 is 17.2 Å². The van der Waals surface area contributed by atoms with Gasteiger partial charge < -0.3 is 5.32 Å². The van der Waals surface area contributed by atoms with Gasteiger partial charge in [-0.1, -0.05) is 12.1 Å². The Balaban J connectivity index is 2.82. The Hall–Kier alpha value is -1.01. The number of hydrogen-bond acceptors (Lipinski definition) is 3. The summed E-state index contributed by atoms with van der Waals surface area (Å²) in [4.78, 5) is 0. The van der Waals surface area contributed by atoms with Gasteiger partial charge in [-0.05, 0) is 26.8 Å². The van der Waals surface area contributed by atoms with Gasteiger partial charge in [0, 0.05) is 24.4 Å². The Morgan fingerprint density at radius 3 is 2.42 bits per heavy atom. The van der Waals surface area contributed by atoms with Crippen LogP contribution in [0.3, 0.4) is 0 Å². The first-order chi connectivity index (χ1) is 8.56. The quantitative estimate of drug-likeness (QED) is 0.906. The van der Waals surface area contributed by atoms with Crippen LogP contribution in [0.4, 0.5) is 8.78 Å². The molecule has 0 spiro atoms. The van der Waals surface area contributed by atoms with E-state index in [9.17, 15) is 17.2 Å². The third-order valence-corrected chi connectivity index (χ3v) is 5.44. The van der Waals surface area contributed by atoms with Gasteiger partial charge in [0.15, 0.2) is 21.5 Å². The highest BCUT2D eigenvalue weighted by Crippen LogP contribution is 2.21. The molecule has 0 radical (unpaired) electrons. The number of rotatable bonds is 5. The van der Waals surface area contributed by atoms with Crippen LogP contribution in [0.15, 0.2) is 18.2 Å². The summed E-state index contributed by atoms with van der Waals surface area (Å²) in [5.74, 6) is -1.81. The average Bonchev–Trinajstić information content (AvgIpc) is 2.28. The zero-order chi connectivity index (χ0) is 14.8. The monoisotopic (exact) mass is 291 g/mol. The van der Waals surface area contributed by atoms with Gasteiger partial charge in [-0.25, -0.2) is 17.2 Å². The van der Waals surface area contributed by atoms with Gasteiger partial charge >= 0.3 is 0 Å². The summed E-state index contributed by atoms with van der Waals surface area (Å²) in [6.45, 7) is 4.99. The van der Waals surface area contributed by atoms with Crippen LogP contribution < -0.4 is 5.32 Å². The topological polar surface area (TPSA) is 46.2 Å². The lowest BCUT2D eigenvalue weighted by Crippen LogP contribution is -2.42. The summed E-state index contributed by atoms with van der Waals surface area (Å²) in [6.07, 6.45) is 1.15. The van der Waals surface area contributed by atoms with Crippen LogP contribution in [0.1, 0.15) is 32.4 Å². The molecular formula is C13H19F2NO2S. The van der Waals surface area contributed by atoms with Crippen LogP contribution in [0, 0.1) is 11.6 Å². The van der Waals surface area contributed by atoms with E-state index in [4.69, 9.17) is 0 Å². The normalized spacial score (nSPS) is 14.4. The zero-order valence-corrected chi connectivity index (χ0v) is 12.3. The number of halogens is 2. The van der Waals surface area contributed by atoms with Crippen LogP contribution in [-0.2, 0) is 9.84 Å². The van der Waals surface area contributed by atoms with Gasteiger partial charge in [-0.3, -0.25) is 0 Å². The van der Waals surface area contributed by atoms with E-state index in [2.05, 4.69) is 5.32 Å². The van der Waals surface area contributed by atoms with Crippen molar-refractivity contribution in [1.82, 2.24) is 5.32 Å². The molecule has 0 amide bonds. The molecule has 19 heavy (non-hydrogen) atoms. The van der Waals surface area contributed by atoms with Gasteiger partial charge in [0.1, 0.15) is 0 Å². The molecule has 0 aromatic heterocycles. The molecule has 3 nitrogen and oxygen atoms in total. The van der Waals surface area contributed by atoms with E-state index in [0.29, 0.717) is 0 Å². The SMILES string of the molecule is CC(NCC(C)(C)S(C)(=O)=O)c1cccc(F)c1F. The molecule has 0 fully saturated rings. The molecular weight excluding hydrogens is 272 g/mol. The number of sulfone groups is 1. The number of hydrogen-bond donors (Lipinski definition) is 1. The molecule has 1 N–H and O–H groups in total. The summed E-state index contributed by atoms with van der Waals surface area (Å²) in [5, 5.41) is 2.93. The molecule has 0 saturated carbocycles. The van der Waals surface area contributed by atoms with Crippen molar-refractivity contribution in [2.75, 3.05) is 12.8 Å². The summed E-state index contributed by atoms with van der Waals surface area (Å²) in [7, 11) is -3.23. The minimum Gasteiger partial charge on any atom is -0.309 e. The fourth-order valence-corrected chi connectivity index (χ4v) is 1.84. The average molecular weight is 291 g/mol. The number of benzene rings is 1. The van der Waals surface area contributed by atoms with Crippen LogP contribution in [0.2, 0.25) is 0 Å². The molecule has 1 atom stereocenters. The fraction of sp³-hybridized carbons (Fsp3) is 0.538. The minimum atomic E-state index is -3.23. The molecule has 1 aromatic carbocycles. The maximum absolute atomic E-state index is 13.6. The van der Waals surface area contributed by atoms with E-state index < -0.39 is 32.3 Å². The molecule has 1 rings (SSSR count). The first-order valence-corrected chi connectivity index (χ1v) is 7.82. The van der Waals surface area contributed by atoms with Crippen LogP contribution in [-0.4, -0.2) is 26.0 Å². The van der Waals surface area contributed by atoms with Crippen molar-refractivity contribution >= 4 is 9.84 Å². The maximum Gasteiger partial charge on any atom is 0.163 e. The van der Waals surface area contributed by atoms with Gasteiger partial charge in [-0.15, -0.1) is 0 Å². The molecule has 0 saturated heterocycles. The summed E-state index contributed by atoms with van der Waals surface area (Å²) < 4.78 is 48.8. The van der Waals surface area contributed by atoms with E-state index in [1.54, 1.807) is 20.8 Å². The zero-order valence-electron chi connectivity index (χ0n) is 11.5. The first kappa shape index (κ1) is 16.0. The standard InChI is InChI=1S/C13H19F2NO2S/c1-9(10-6-5-7-11(14)12(10)15)16-8-13(2,3)19(4,17)18/h5-7,9,16H,8H2,1-4H3. The second-order valence-electron chi connectivity index (χ2n) is 5.28. The van der Waals surface area contributed by atoms with Crippen LogP contribution in [0.25, 0.3) is 0 Å². The van der Waals surface area contributed by atoms with Crippen molar-refractivity contribution in [2.45, 2.75) is 31.6 Å².